The zero-order valence-electron chi connectivity index (χ0n) is 7.34. The molecule has 0 aliphatic carbocycles. The Morgan fingerprint density at radius 1 is 1.45 bits per heavy atom. The number of carbonyl (C=O) groups excluding carboxylic acids is 1. The van der Waals surface area contributed by atoms with Gasteiger partial charge in [-0.25, -0.2) is 0 Å². The number of carbonyl (C=O) groups is 1. The first-order valence-corrected chi connectivity index (χ1v) is 4.07. The minimum absolute atomic E-state index is 0.641. The van der Waals surface area contributed by atoms with Crippen molar-refractivity contribution < 1.29 is 4.79 Å². The fourth-order valence-electron chi connectivity index (χ4n) is 0.738. The summed E-state index contributed by atoms with van der Waals surface area (Å²) in [6.45, 7) is 4.15. The van der Waals surface area contributed by atoms with Gasteiger partial charge in [-0.2, -0.15) is 0 Å². The van der Waals surface area contributed by atoms with Gasteiger partial charge in [-0.1, -0.05) is 30.7 Å². The molecule has 0 aromatic rings. The molecule has 0 radical (unpaired) electrons. The highest BCUT2D eigenvalue weighted by Crippen LogP contribution is 2.01. The molecule has 0 rings (SSSR count). The van der Waals surface area contributed by atoms with Crippen LogP contribution in [0.25, 0.3) is 0 Å². The van der Waals surface area contributed by atoms with Crippen molar-refractivity contribution in [1.29, 1.82) is 0 Å². The van der Waals surface area contributed by atoms with Gasteiger partial charge < -0.3 is 4.79 Å². The van der Waals surface area contributed by atoms with Crippen molar-refractivity contribution in [3.63, 3.8) is 0 Å². The molecule has 0 amide bonds. The van der Waals surface area contributed by atoms with E-state index in [1.807, 2.05) is 13.0 Å². The zero-order valence-corrected chi connectivity index (χ0v) is 7.34. The van der Waals surface area contributed by atoms with E-state index in [0.29, 0.717) is 6.42 Å². The molecular formula is C10H16O. The lowest BCUT2D eigenvalue weighted by molar-refractivity contribution is -0.107. The fraction of sp³-hybridized carbons (Fsp3) is 0.500. The van der Waals surface area contributed by atoms with Gasteiger partial charge in [-0.05, 0) is 19.8 Å². The van der Waals surface area contributed by atoms with Gasteiger partial charge in [0, 0.05) is 6.42 Å². The van der Waals surface area contributed by atoms with E-state index in [1.165, 1.54) is 5.57 Å². The Balaban J connectivity index is 3.61. The van der Waals surface area contributed by atoms with Crippen LogP contribution in [0.3, 0.4) is 0 Å². The SMILES string of the molecule is CC/C=C\C=C(/C)CCC=O. The minimum atomic E-state index is 0.641. The Labute approximate surface area is 68.8 Å². The second-order valence-corrected chi connectivity index (χ2v) is 2.55. The van der Waals surface area contributed by atoms with Crippen LogP contribution >= 0.6 is 0 Å². The molecule has 0 N–H and O–H groups in total. The molecule has 11 heavy (non-hydrogen) atoms. The molecule has 1 nitrogen and oxygen atoms in total. The molecule has 62 valence electrons. The molecular weight excluding hydrogens is 136 g/mol. The highest BCUT2D eigenvalue weighted by atomic mass is 16.1. The molecule has 0 saturated carbocycles. The first-order chi connectivity index (χ1) is 5.31. The van der Waals surface area contributed by atoms with E-state index >= 15 is 0 Å². The van der Waals surface area contributed by atoms with Crippen LogP contribution < -0.4 is 0 Å². The number of aldehydes is 1. The number of rotatable bonds is 5. The molecule has 0 spiro atoms. The maximum atomic E-state index is 9.99. The second kappa shape index (κ2) is 7.26. The highest BCUT2D eigenvalue weighted by molar-refractivity contribution is 5.49. The second-order valence-electron chi connectivity index (χ2n) is 2.55. The van der Waals surface area contributed by atoms with Crippen LogP contribution in [-0.2, 0) is 4.79 Å². The maximum absolute atomic E-state index is 9.99. The van der Waals surface area contributed by atoms with Crippen LogP contribution in [0.4, 0.5) is 0 Å². The van der Waals surface area contributed by atoms with Crippen molar-refractivity contribution in [2.45, 2.75) is 33.1 Å². The van der Waals surface area contributed by atoms with E-state index in [9.17, 15) is 4.79 Å². The van der Waals surface area contributed by atoms with Crippen molar-refractivity contribution >= 4 is 6.29 Å². The molecule has 1 heteroatoms. The van der Waals surface area contributed by atoms with Gasteiger partial charge in [0.15, 0.2) is 0 Å². The van der Waals surface area contributed by atoms with Crippen molar-refractivity contribution in [3.8, 4) is 0 Å². The molecule has 0 heterocycles. The molecule has 0 bridgehead atoms. The summed E-state index contributed by atoms with van der Waals surface area (Å²) in [5, 5.41) is 0. The van der Waals surface area contributed by atoms with E-state index in [0.717, 1.165) is 19.1 Å². The minimum Gasteiger partial charge on any atom is -0.303 e. The summed E-state index contributed by atoms with van der Waals surface area (Å²) in [7, 11) is 0. The van der Waals surface area contributed by atoms with Gasteiger partial charge in [-0.15, -0.1) is 0 Å². The Kier molecular flexibility index (Phi) is 6.70. The van der Waals surface area contributed by atoms with Crippen LogP contribution in [-0.4, -0.2) is 6.29 Å². The van der Waals surface area contributed by atoms with Crippen LogP contribution in [0.1, 0.15) is 33.1 Å². The largest absolute Gasteiger partial charge is 0.303 e. The molecule has 0 saturated heterocycles. The topological polar surface area (TPSA) is 17.1 Å². The quantitative estimate of drug-likeness (QED) is 0.437. The lowest BCUT2D eigenvalue weighted by atomic mass is 10.1. The third-order valence-corrected chi connectivity index (χ3v) is 1.41. The summed E-state index contributed by atoms with van der Waals surface area (Å²) in [6.07, 6.45) is 9.76. The Hall–Kier alpha value is -0.850. The lowest BCUT2D eigenvalue weighted by Gasteiger charge is -1.92. The first-order valence-electron chi connectivity index (χ1n) is 4.07. The van der Waals surface area contributed by atoms with Crippen LogP contribution in [0, 0.1) is 0 Å². The van der Waals surface area contributed by atoms with Crippen LogP contribution in [0.2, 0.25) is 0 Å². The summed E-state index contributed by atoms with van der Waals surface area (Å²) in [5.41, 5.74) is 1.27. The molecule has 0 aromatic heterocycles. The standard InChI is InChI=1S/C10H16O/c1-3-4-5-7-10(2)8-6-9-11/h4-5,7,9H,3,6,8H2,1-2H3/b5-4-,10-7+. The molecule has 0 atom stereocenters. The van der Waals surface area contributed by atoms with Crippen molar-refractivity contribution in [1.82, 2.24) is 0 Å². The van der Waals surface area contributed by atoms with E-state index in [1.54, 1.807) is 0 Å². The van der Waals surface area contributed by atoms with E-state index in [2.05, 4.69) is 19.1 Å². The van der Waals surface area contributed by atoms with Gasteiger partial charge in [0.1, 0.15) is 6.29 Å². The number of hydrogen-bond donors (Lipinski definition) is 0. The lowest BCUT2D eigenvalue weighted by Crippen LogP contribution is -1.77. The summed E-state index contributed by atoms with van der Waals surface area (Å²) in [5.74, 6) is 0. The first kappa shape index (κ1) is 10.2. The summed E-state index contributed by atoms with van der Waals surface area (Å²) in [6, 6.07) is 0. The molecule has 0 fully saturated rings. The van der Waals surface area contributed by atoms with Crippen molar-refractivity contribution in [2.24, 2.45) is 0 Å². The third-order valence-electron chi connectivity index (χ3n) is 1.41. The molecule has 0 unspecified atom stereocenters. The average Bonchev–Trinajstić information content (AvgIpc) is 2.01. The number of hydrogen-bond acceptors (Lipinski definition) is 1. The van der Waals surface area contributed by atoms with Gasteiger partial charge in [-0.3, -0.25) is 0 Å². The molecule has 0 aliphatic heterocycles. The Morgan fingerprint density at radius 2 is 2.18 bits per heavy atom. The Bertz CT molecular complexity index is 154. The zero-order chi connectivity index (χ0) is 8.53. The number of allylic oxidation sites excluding steroid dienone is 4. The van der Waals surface area contributed by atoms with Gasteiger partial charge in [0.2, 0.25) is 0 Å². The predicted molar refractivity (Wildman–Crippen MR) is 48.5 cm³/mol. The predicted octanol–water partition coefficient (Wildman–Crippen LogP) is 2.88. The smallest absolute Gasteiger partial charge is 0.120 e. The summed E-state index contributed by atoms with van der Waals surface area (Å²) >= 11 is 0. The normalized spacial score (nSPS) is 12.4. The van der Waals surface area contributed by atoms with E-state index in [4.69, 9.17) is 0 Å². The molecule has 0 aromatic carbocycles. The summed E-state index contributed by atoms with van der Waals surface area (Å²) in [4.78, 5) is 9.99. The van der Waals surface area contributed by atoms with Crippen molar-refractivity contribution in [2.75, 3.05) is 0 Å². The monoisotopic (exact) mass is 152 g/mol. The van der Waals surface area contributed by atoms with Gasteiger partial charge >= 0.3 is 0 Å². The third kappa shape index (κ3) is 7.04. The Morgan fingerprint density at radius 3 is 2.73 bits per heavy atom. The summed E-state index contributed by atoms with van der Waals surface area (Å²) < 4.78 is 0. The maximum Gasteiger partial charge on any atom is 0.120 e. The van der Waals surface area contributed by atoms with Crippen molar-refractivity contribution in [3.05, 3.63) is 23.8 Å². The van der Waals surface area contributed by atoms with Crippen LogP contribution in [0.15, 0.2) is 23.8 Å². The van der Waals surface area contributed by atoms with Gasteiger partial charge in [0.25, 0.3) is 0 Å². The van der Waals surface area contributed by atoms with Crippen LogP contribution in [0.5, 0.6) is 0 Å². The highest BCUT2D eigenvalue weighted by Gasteiger charge is 1.85. The van der Waals surface area contributed by atoms with E-state index in [-0.39, 0.29) is 0 Å². The average molecular weight is 152 g/mol. The van der Waals surface area contributed by atoms with E-state index < -0.39 is 0 Å². The molecule has 0 aliphatic rings. The van der Waals surface area contributed by atoms with Gasteiger partial charge in [0.05, 0.1) is 0 Å². The fourth-order valence-corrected chi connectivity index (χ4v) is 0.738.